The highest BCUT2D eigenvalue weighted by Gasteiger charge is 2.28. The molecule has 0 amide bonds. The van der Waals surface area contributed by atoms with E-state index in [1.54, 1.807) is 19.1 Å². The maximum Gasteiger partial charge on any atom is 0.310 e. The zero-order valence-electron chi connectivity index (χ0n) is 16.7. The first-order valence-corrected chi connectivity index (χ1v) is 10.5. The van der Waals surface area contributed by atoms with Gasteiger partial charge in [-0.15, -0.1) is 11.3 Å². The third-order valence-corrected chi connectivity index (χ3v) is 5.81. The minimum absolute atomic E-state index is 0.204. The van der Waals surface area contributed by atoms with E-state index in [1.807, 2.05) is 44.2 Å². The van der Waals surface area contributed by atoms with Gasteiger partial charge in [-0.1, -0.05) is 25.1 Å². The Labute approximate surface area is 173 Å². The van der Waals surface area contributed by atoms with Crippen molar-refractivity contribution in [1.82, 2.24) is 0 Å². The lowest BCUT2D eigenvalue weighted by Gasteiger charge is -2.19. The van der Waals surface area contributed by atoms with Gasteiger partial charge in [0.2, 0.25) is 5.78 Å². The Bertz CT molecular complexity index is 1000. The molecule has 1 unspecified atom stereocenters. The standard InChI is InChI=1S/C23H24O5S/c1-4-15(23(25)26)16-12-18(27-5-2)19(28-6-3)13-17(16)22(24)21-11-14-9-7-8-10-20(14)29-21/h7-13,15H,4-6H2,1-3H3,(H,25,26). The smallest absolute Gasteiger partial charge is 0.310 e. The van der Waals surface area contributed by atoms with Gasteiger partial charge in [0.25, 0.3) is 0 Å². The van der Waals surface area contributed by atoms with Gasteiger partial charge in [-0.2, -0.15) is 0 Å². The first-order chi connectivity index (χ1) is 14.0. The second kappa shape index (κ2) is 9.09. The van der Waals surface area contributed by atoms with Gasteiger partial charge in [-0.25, -0.2) is 0 Å². The average molecular weight is 413 g/mol. The van der Waals surface area contributed by atoms with Crippen LogP contribution in [0.2, 0.25) is 0 Å². The summed E-state index contributed by atoms with van der Waals surface area (Å²) in [6.45, 7) is 6.31. The summed E-state index contributed by atoms with van der Waals surface area (Å²) in [4.78, 5) is 25.9. The lowest BCUT2D eigenvalue weighted by Crippen LogP contribution is -2.16. The summed E-state index contributed by atoms with van der Waals surface area (Å²) in [6, 6.07) is 12.9. The molecule has 0 saturated heterocycles. The largest absolute Gasteiger partial charge is 0.490 e. The predicted molar refractivity (Wildman–Crippen MR) is 115 cm³/mol. The topological polar surface area (TPSA) is 72.8 Å². The zero-order valence-corrected chi connectivity index (χ0v) is 17.5. The van der Waals surface area contributed by atoms with Crippen LogP contribution >= 0.6 is 11.3 Å². The van der Waals surface area contributed by atoms with Gasteiger partial charge >= 0.3 is 5.97 Å². The molecule has 0 spiro atoms. The van der Waals surface area contributed by atoms with Crippen molar-refractivity contribution in [3.8, 4) is 11.5 Å². The highest BCUT2D eigenvalue weighted by Crippen LogP contribution is 2.38. The number of carboxylic acid groups (broad SMARTS) is 1. The summed E-state index contributed by atoms with van der Waals surface area (Å²) in [5.74, 6) is -1.08. The Morgan fingerprint density at radius 2 is 1.66 bits per heavy atom. The molecule has 1 atom stereocenters. The molecule has 0 saturated carbocycles. The Kier molecular flexibility index (Phi) is 6.54. The van der Waals surface area contributed by atoms with Gasteiger partial charge in [0.05, 0.1) is 24.0 Å². The summed E-state index contributed by atoms with van der Waals surface area (Å²) in [5.41, 5.74) is 0.798. The normalized spacial score (nSPS) is 12.0. The molecule has 0 aliphatic carbocycles. The number of ether oxygens (including phenoxy) is 2. The van der Waals surface area contributed by atoms with Crippen molar-refractivity contribution in [2.24, 2.45) is 0 Å². The third-order valence-electron chi connectivity index (χ3n) is 4.69. The van der Waals surface area contributed by atoms with Crippen LogP contribution in [0.1, 0.15) is 53.9 Å². The van der Waals surface area contributed by atoms with Crippen molar-refractivity contribution < 1.29 is 24.2 Å². The Hall–Kier alpha value is -2.86. The van der Waals surface area contributed by atoms with E-state index >= 15 is 0 Å². The molecule has 3 aromatic rings. The molecule has 29 heavy (non-hydrogen) atoms. The summed E-state index contributed by atoms with van der Waals surface area (Å²) in [5, 5.41) is 10.7. The van der Waals surface area contributed by atoms with Crippen LogP contribution in [0.5, 0.6) is 11.5 Å². The zero-order chi connectivity index (χ0) is 21.0. The maximum atomic E-state index is 13.4. The van der Waals surface area contributed by atoms with E-state index in [4.69, 9.17) is 9.47 Å². The van der Waals surface area contributed by atoms with Crippen molar-refractivity contribution in [2.75, 3.05) is 13.2 Å². The Balaban J connectivity index is 2.18. The number of benzene rings is 2. The van der Waals surface area contributed by atoms with Crippen molar-refractivity contribution >= 4 is 33.2 Å². The summed E-state index contributed by atoms with van der Waals surface area (Å²) < 4.78 is 12.4. The van der Waals surface area contributed by atoms with Gasteiger partial charge in [0.15, 0.2) is 11.5 Å². The van der Waals surface area contributed by atoms with Gasteiger partial charge in [-0.05, 0) is 55.5 Å². The van der Waals surface area contributed by atoms with Crippen LogP contribution in [0.3, 0.4) is 0 Å². The van der Waals surface area contributed by atoms with Crippen LogP contribution in [-0.2, 0) is 4.79 Å². The van der Waals surface area contributed by atoms with Crippen LogP contribution in [0.15, 0.2) is 42.5 Å². The molecule has 0 aliphatic heterocycles. The molecule has 3 rings (SSSR count). The fourth-order valence-electron chi connectivity index (χ4n) is 3.35. The maximum absolute atomic E-state index is 13.4. The number of carbonyl (C=O) groups excluding carboxylic acids is 1. The van der Waals surface area contributed by atoms with E-state index < -0.39 is 11.9 Å². The number of carbonyl (C=O) groups is 2. The Morgan fingerprint density at radius 3 is 2.24 bits per heavy atom. The minimum atomic E-state index is -0.968. The van der Waals surface area contributed by atoms with Crippen molar-refractivity contribution in [2.45, 2.75) is 33.1 Å². The highest BCUT2D eigenvalue weighted by atomic mass is 32.1. The van der Waals surface area contributed by atoms with E-state index in [1.165, 1.54) is 11.3 Å². The SMILES string of the molecule is CCOc1cc(C(=O)c2cc3ccccc3s2)c(C(CC)C(=O)O)cc1OCC. The summed E-state index contributed by atoms with van der Waals surface area (Å²) >= 11 is 1.40. The molecule has 152 valence electrons. The Morgan fingerprint density at radius 1 is 1.00 bits per heavy atom. The first-order valence-electron chi connectivity index (χ1n) is 9.69. The number of ketones is 1. The fraction of sp³-hybridized carbons (Fsp3) is 0.304. The lowest BCUT2D eigenvalue weighted by molar-refractivity contribution is -0.138. The average Bonchev–Trinajstić information content (AvgIpc) is 3.14. The van der Waals surface area contributed by atoms with Crippen LogP contribution in [0.25, 0.3) is 10.1 Å². The number of rotatable bonds is 9. The molecule has 5 nitrogen and oxygen atoms in total. The molecule has 1 N–H and O–H groups in total. The number of hydrogen-bond donors (Lipinski definition) is 1. The number of fused-ring (bicyclic) bond motifs is 1. The minimum Gasteiger partial charge on any atom is -0.490 e. The third kappa shape index (κ3) is 4.27. The molecule has 0 radical (unpaired) electrons. The van der Waals surface area contributed by atoms with E-state index in [2.05, 4.69) is 0 Å². The van der Waals surface area contributed by atoms with Crippen LogP contribution in [0.4, 0.5) is 0 Å². The second-order valence-electron chi connectivity index (χ2n) is 6.53. The van der Waals surface area contributed by atoms with E-state index in [-0.39, 0.29) is 5.78 Å². The molecule has 0 aliphatic rings. The van der Waals surface area contributed by atoms with Gasteiger partial charge in [0.1, 0.15) is 0 Å². The highest BCUT2D eigenvalue weighted by molar-refractivity contribution is 7.21. The van der Waals surface area contributed by atoms with Crippen LogP contribution in [-0.4, -0.2) is 30.1 Å². The monoisotopic (exact) mass is 412 g/mol. The molecule has 0 bridgehead atoms. The summed E-state index contributed by atoms with van der Waals surface area (Å²) in [6.07, 6.45) is 0.363. The lowest BCUT2D eigenvalue weighted by atomic mass is 9.89. The summed E-state index contributed by atoms with van der Waals surface area (Å²) in [7, 11) is 0. The number of aliphatic carboxylic acids is 1. The molecular weight excluding hydrogens is 388 g/mol. The molecular formula is C23H24O5S. The van der Waals surface area contributed by atoms with Crippen LogP contribution < -0.4 is 9.47 Å². The molecule has 2 aromatic carbocycles. The molecule has 6 heteroatoms. The number of hydrogen-bond acceptors (Lipinski definition) is 5. The number of thiophene rings is 1. The van der Waals surface area contributed by atoms with Gasteiger partial charge < -0.3 is 14.6 Å². The van der Waals surface area contributed by atoms with Gasteiger partial charge in [0, 0.05) is 10.3 Å². The quantitative estimate of drug-likeness (QED) is 0.469. The molecule has 0 fully saturated rings. The van der Waals surface area contributed by atoms with Crippen molar-refractivity contribution in [1.29, 1.82) is 0 Å². The van der Waals surface area contributed by atoms with Crippen LogP contribution in [0, 0.1) is 0 Å². The number of carboxylic acids is 1. The van der Waals surface area contributed by atoms with E-state index in [0.717, 1.165) is 10.1 Å². The van der Waals surface area contributed by atoms with Gasteiger partial charge in [-0.3, -0.25) is 9.59 Å². The van der Waals surface area contributed by atoms with Crippen molar-refractivity contribution in [3.63, 3.8) is 0 Å². The fourth-order valence-corrected chi connectivity index (χ4v) is 4.37. The van der Waals surface area contributed by atoms with Crippen molar-refractivity contribution in [3.05, 3.63) is 58.5 Å². The predicted octanol–water partition coefficient (Wildman–Crippen LogP) is 5.51. The second-order valence-corrected chi connectivity index (χ2v) is 7.61. The van der Waals surface area contributed by atoms with E-state index in [9.17, 15) is 14.7 Å². The molecule has 1 heterocycles. The molecule has 1 aromatic heterocycles. The first kappa shape index (κ1) is 20.9. The van der Waals surface area contributed by atoms with E-state index in [0.29, 0.717) is 47.1 Å².